The minimum absolute atomic E-state index is 0.00522. The molecule has 0 unspecified atom stereocenters. The van der Waals surface area contributed by atoms with Gasteiger partial charge in [0.2, 0.25) is 0 Å². The molecule has 1 atom stereocenters. The molecule has 0 aromatic heterocycles. The third kappa shape index (κ3) is 4.31. The average molecular weight is 349 g/mol. The smallest absolute Gasteiger partial charge is 0.261 e. The first-order valence-corrected chi connectivity index (χ1v) is 10.7. The zero-order chi connectivity index (χ0) is 18.3. The molecular formula is C23H28OSi. The molecule has 0 spiro atoms. The molecule has 0 aliphatic heterocycles. The monoisotopic (exact) mass is 348 g/mol. The summed E-state index contributed by atoms with van der Waals surface area (Å²) in [5.74, 6) is 2.84. The molecule has 25 heavy (non-hydrogen) atoms. The Morgan fingerprint density at radius 1 is 1.00 bits per heavy atom. The first kappa shape index (κ1) is 19.2. The second kappa shape index (κ2) is 8.34. The summed E-state index contributed by atoms with van der Waals surface area (Å²) < 4.78 is 6.84. The number of rotatable bonds is 6. The van der Waals surface area contributed by atoms with Crippen LogP contribution in [0.4, 0.5) is 0 Å². The van der Waals surface area contributed by atoms with Crippen LogP contribution in [0.1, 0.15) is 27.7 Å². The lowest BCUT2D eigenvalue weighted by Crippen LogP contribution is -2.66. The number of terminal acetylenes is 1. The molecule has 0 aliphatic carbocycles. The zero-order valence-electron chi connectivity index (χ0n) is 15.7. The van der Waals surface area contributed by atoms with Crippen LogP contribution in [0.5, 0.6) is 0 Å². The SMILES string of the molecule is C#C/C=C/[C@@H](C)CO[Si](c1ccccc1)(c1ccccc1)C(C)(C)C. The Hall–Kier alpha value is -2.08. The third-order valence-corrected chi connectivity index (χ3v) is 9.51. The topological polar surface area (TPSA) is 9.23 Å². The van der Waals surface area contributed by atoms with E-state index in [1.165, 1.54) is 10.4 Å². The minimum Gasteiger partial charge on any atom is -0.407 e. The van der Waals surface area contributed by atoms with Gasteiger partial charge in [-0.1, -0.05) is 100 Å². The van der Waals surface area contributed by atoms with Crippen molar-refractivity contribution in [1.82, 2.24) is 0 Å². The number of benzene rings is 2. The van der Waals surface area contributed by atoms with E-state index in [0.29, 0.717) is 6.61 Å². The number of hydrogen-bond acceptors (Lipinski definition) is 1. The van der Waals surface area contributed by atoms with Gasteiger partial charge in [0.05, 0.1) is 0 Å². The summed E-state index contributed by atoms with van der Waals surface area (Å²) in [7, 11) is -2.44. The fourth-order valence-corrected chi connectivity index (χ4v) is 7.96. The summed E-state index contributed by atoms with van der Waals surface area (Å²) >= 11 is 0. The molecule has 1 nitrogen and oxygen atoms in total. The molecular weight excluding hydrogens is 320 g/mol. The Morgan fingerprint density at radius 3 is 1.88 bits per heavy atom. The highest BCUT2D eigenvalue weighted by molar-refractivity contribution is 6.99. The molecule has 0 aliphatic rings. The van der Waals surface area contributed by atoms with Crippen LogP contribution in [0.15, 0.2) is 72.8 Å². The fourth-order valence-electron chi connectivity index (χ4n) is 3.29. The van der Waals surface area contributed by atoms with Crippen molar-refractivity contribution in [3.63, 3.8) is 0 Å². The van der Waals surface area contributed by atoms with Crippen LogP contribution in [-0.2, 0) is 4.43 Å². The van der Waals surface area contributed by atoms with Crippen molar-refractivity contribution in [2.75, 3.05) is 6.61 Å². The van der Waals surface area contributed by atoms with Crippen molar-refractivity contribution in [1.29, 1.82) is 0 Å². The van der Waals surface area contributed by atoms with Gasteiger partial charge in [-0.3, -0.25) is 0 Å². The fraction of sp³-hybridized carbons (Fsp3) is 0.304. The zero-order valence-corrected chi connectivity index (χ0v) is 16.7. The molecule has 0 bridgehead atoms. The maximum Gasteiger partial charge on any atom is 0.261 e. The lowest BCUT2D eigenvalue weighted by Gasteiger charge is -2.43. The number of allylic oxidation sites excluding steroid dienone is 1. The van der Waals surface area contributed by atoms with E-state index in [0.717, 1.165) is 0 Å². The van der Waals surface area contributed by atoms with E-state index < -0.39 is 8.32 Å². The van der Waals surface area contributed by atoms with Crippen LogP contribution in [-0.4, -0.2) is 14.9 Å². The molecule has 0 saturated carbocycles. The van der Waals surface area contributed by atoms with Gasteiger partial charge in [-0.15, -0.1) is 6.42 Å². The van der Waals surface area contributed by atoms with Gasteiger partial charge in [-0.2, -0.15) is 0 Å². The van der Waals surface area contributed by atoms with Crippen molar-refractivity contribution in [3.05, 3.63) is 72.8 Å². The quantitative estimate of drug-likeness (QED) is 0.556. The molecule has 0 saturated heterocycles. The second-order valence-electron chi connectivity index (χ2n) is 7.48. The average Bonchev–Trinajstić information content (AvgIpc) is 2.61. The normalized spacial score (nSPS) is 13.6. The summed E-state index contributed by atoms with van der Waals surface area (Å²) in [6.45, 7) is 9.68. The van der Waals surface area contributed by atoms with E-state index in [1.54, 1.807) is 6.08 Å². The Morgan fingerprint density at radius 2 is 1.48 bits per heavy atom. The second-order valence-corrected chi connectivity index (χ2v) is 11.8. The molecule has 2 rings (SSSR count). The first-order valence-electron chi connectivity index (χ1n) is 8.79. The third-order valence-electron chi connectivity index (χ3n) is 4.50. The summed E-state index contributed by atoms with van der Waals surface area (Å²) in [6.07, 6.45) is 9.14. The Labute approximate surface area is 153 Å². The first-order chi connectivity index (χ1) is 11.9. The molecule has 2 aromatic carbocycles. The van der Waals surface area contributed by atoms with Crippen molar-refractivity contribution in [3.8, 4) is 12.3 Å². The molecule has 0 N–H and O–H groups in total. The number of hydrogen-bond donors (Lipinski definition) is 0. The highest BCUT2D eigenvalue weighted by atomic mass is 28.4. The standard InChI is InChI=1S/C23H28OSi/c1-6-7-14-20(2)19-24-25(23(3,4)5,21-15-10-8-11-16-21)22-17-12-9-13-18-22/h1,7-18,20H,19H2,2-5H3/b14-7+/t20-/m1/s1. The Bertz CT molecular complexity index is 681. The predicted molar refractivity (Wildman–Crippen MR) is 111 cm³/mol. The highest BCUT2D eigenvalue weighted by Crippen LogP contribution is 2.37. The Balaban J connectivity index is 2.53. The molecule has 0 heterocycles. The van der Waals surface area contributed by atoms with E-state index in [9.17, 15) is 0 Å². The van der Waals surface area contributed by atoms with Crippen LogP contribution in [0.25, 0.3) is 0 Å². The molecule has 2 heteroatoms. The van der Waals surface area contributed by atoms with E-state index in [2.05, 4.69) is 94.3 Å². The summed E-state index contributed by atoms with van der Waals surface area (Å²) in [5.41, 5.74) is 0. The lowest BCUT2D eigenvalue weighted by molar-refractivity contribution is 0.268. The minimum atomic E-state index is -2.44. The van der Waals surface area contributed by atoms with E-state index in [4.69, 9.17) is 10.8 Å². The molecule has 2 aromatic rings. The molecule has 0 amide bonds. The Kier molecular flexibility index (Phi) is 6.42. The molecule has 0 radical (unpaired) electrons. The van der Waals surface area contributed by atoms with Crippen molar-refractivity contribution < 1.29 is 4.43 Å². The summed E-state index contributed by atoms with van der Waals surface area (Å²) in [5, 5.41) is 2.62. The molecule has 0 fully saturated rings. The van der Waals surface area contributed by atoms with Gasteiger partial charge in [0, 0.05) is 6.61 Å². The van der Waals surface area contributed by atoms with Crippen LogP contribution in [0.3, 0.4) is 0 Å². The van der Waals surface area contributed by atoms with E-state index in [1.807, 2.05) is 6.08 Å². The maximum absolute atomic E-state index is 6.84. The van der Waals surface area contributed by atoms with Crippen molar-refractivity contribution in [2.45, 2.75) is 32.7 Å². The largest absolute Gasteiger partial charge is 0.407 e. The summed E-state index contributed by atoms with van der Waals surface area (Å²) in [4.78, 5) is 0. The van der Waals surface area contributed by atoms with Crippen LogP contribution in [0, 0.1) is 18.3 Å². The van der Waals surface area contributed by atoms with E-state index in [-0.39, 0.29) is 11.0 Å². The van der Waals surface area contributed by atoms with Gasteiger partial charge >= 0.3 is 0 Å². The van der Waals surface area contributed by atoms with Gasteiger partial charge in [0.1, 0.15) is 0 Å². The van der Waals surface area contributed by atoms with Crippen molar-refractivity contribution in [2.24, 2.45) is 5.92 Å². The maximum atomic E-state index is 6.84. The van der Waals surface area contributed by atoms with Crippen LogP contribution < -0.4 is 10.4 Å². The van der Waals surface area contributed by atoms with Gasteiger partial charge in [-0.25, -0.2) is 0 Å². The van der Waals surface area contributed by atoms with Gasteiger partial charge in [-0.05, 0) is 27.4 Å². The van der Waals surface area contributed by atoms with Gasteiger partial charge in [0.25, 0.3) is 8.32 Å². The van der Waals surface area contributed by atoms with E-state index >= 15 is 0 Å². The van der Waals surface area contributed by atoms with Crippen molar-refractivity contribution >= 4 is 18.7 Å². The highest BCUT2D eigenvalue weighted by Gasteiger charge is 2.50. The van der Waals surface area contributed by atoms with Gasteiger partial charge < -0.3 is 4.43 Å². The van der Waals surface area contributed by atoms with Crippen LogP contribution >= 0.6 is 0 Å². The predicted octanol–water partition coefficient (Wildman–Crippen LogP) is 4.39. The van der Waals surface area contributed by atoms with Crippen LogP contribution in [0.2, 0.25) is 5.04 Å². The molecule has 130 valence electrons. The van der Waals surface area contributed by atoms with Gasteiger partial charge in [0.15, 0.2) is 0 Å². The lowest BCUT2D eigenvalue weighted by atomic mass is 10.2. The summed E-state index contributed by atoms with van der Waals surface area (Å²) in [6, 6.07) is 21.4.